The van der Waals surface area contributed by atoms with Crippen LogP contribution in [0.2, 0.25) is 0 Å². The van der Waals surface area contributed by atoms with Crippen molar-refractivity contribution in [2.75, 3.05) is 12.8 Å². The van der Waals surface area contributed by atoms with Crippen molar-refractivity contribution in [3.63, 3.8) is 0 Å². The van der Waals surface area contributed by atoms with Crippen LogP contribution in [0, 0.1) is 0 Å². The first-order valence-corrected chi connectivity index (χ1v) is 5.06. The SMILES string of the molecule is COc1ccc(-c2nc(N)oc2Br)cc1. The molecule has 5 heteroatoms. The van der Waals surface area contributed by atoms with Gasteiger partial charge in [-0.25, -0.2) is 0 Å². The molecule has 4 nitrogen and oxygen atoms in total. The summed E-state index contributed by atoms with van der Waals surface area (Å²) >= 11 is 3.25. The summed E-state index contributed by atoms with van der Waals surface area (Å²) in [4.78, 5) is 4.06. The van der Waals surface area contributed by atoms with Gasteiger partial charge in [-0.05, 0) is 40.2 Å². The standard InChI is InChI=1S/C10H9BrN2O2/c1-14-7-4-2-6(3-5-7)8-9(11)15-10(12)13-8/h2-5H,1H3,(H2,12,13). The van der Waals surface area contributed by atoms with Crippen LogP contribution in [0.4, 0.5) is 6.01 Å². The number of oxazole rings is 1. The summed E-state index contributed by atoms with van der Waals surface area (Å²) in [5, 5.41) is 0. The third-order valence-corrected chi connectivity index (χ3v) is 2.50. The summed E-state index contributed by atoms with van der Waals surface area (Å²) in [6, 6.07) is 7.63. The number of hydrogen-bond acceptors (Lipinski definition) is 4. The highest BCUT2D eigenvalue weighted by molar-refractivity contribution is 9.10. The topological polar surface area (TPSA) is 61.3 Å². The molecule has 15 heavy (non-hydrogen) atoms. The van der Waals surface area contributed by atoms with E-state index in [1.165, 1.54) is 0 Å². The number of hydrogen-bond donors (Lipinski definition) is 1. The average Bonchev–Trinajstić information content (AvgIpc) is 2.58. The Morgan fingerprint density at radius 3 is 2.47 bits per heavy atom. The minimum Gasteiger partial charge on any atom is -0.497 e. The van der Waals surface area contributed by atoms with E-state index in [1.54, 1.807) is 7.11 Å². The van der Waals surface area contributed by atoms with Crippen molar-refractivity contribution >= 4 is 21.9 Å². The highest BCUT2D eigenvalue weighted by Gasteiger charge is 2.10. The molecule has 2 rings (SSSR count). The molecule has 0 bridgehead atoms. The number of methoxy groups -OCH3 is 1. The van der Waals surface area contributed by atoms with Crippen LogP contribution in [0.5, 0.6) is 5.75 Å². The van der Waals surface area contributed by atoms with Gasteiger partial charge in [-0.1, -0.05) is 0 Å². The lowest BCUT2D eigenvalue weighted by atomic mass is 10.2. The van der Waals surface area contributed by atoms with Crippen LogP contribution in [0.15, 0.2) is 33.4 Å². The Kier molecular flexibility index (Phi) is 2.64. The minimum atomic E-state index is 0.146. The highest BCUT2D eigenvalue weighted by Crippen LogP contribution is 2.30. The van der Waals surface area contributed by atoms with Crippen LogP contribution < -0.4 is 10.5 Å². The van der Waals surface area contributed by atoms with E-state index in [2.05, 4.69) is 20.9 Å². The Hall–Kier alpha value is -1.49. The Morgan fingerprint density at radius 1 is 1.33 bits per heavy atom. The van der Waals surface area contributed by atoms with Crippen LogP contribution in [0.25, 0.3) is 11.3 Å². The first-order valence-electron chi connectivity index (χ1n) is 4.27. The van der Waals surface area contributed by atoms with Gasteiger partial charge in [0.15, 0.2) is 4.67 Å². The molecular formula is C10H9BrN2O2. The quantitative estimate of drug-likeness (QED) is 0.910. The van der Waals surface area contributed by atoms with Gasteiger partial charge >= 0.3 is 0 Å². The zero-order chi connectivity index (χ0) is 10.8. The van der Waals surface area contributed by atoms with E-state index in [1.807, 2.05) is 24.3 Å². The second-order valence-electron chi connectivity index (χ2n) is 2.90. The number of benzene rings is 1. The predicted molar refractivity (Wildman–Crippen MR) is 60.6 cm³/mol. The monoisotopic (exact) mass is 268 g/mol. The molecule has 0 radical (unpaired) electrons. The van der Waals surface area contributed by atoms with E-state index in [0.717, 1.165) is 11.3 Å². The van der Waals surface area contributed by atoms with E-state index in [4.69, 9.17) is 14.9 Å². The number of halogens is 1. The summed E-state index contributed by atoms with van der Waals surface area (Å²) in [6.45, 7) is 0. The van der Waals surface area contributed by atoms with Crippen molar-refractivity contribution in [2.45, 2.75) is 0 Å². The molecule has 0 aliphatic carbocycles. The molecule has 1 heterocycles. The number of nitrogens with zero attached hydrogens (tertiary/aromatic N) is 1. The Labute approximate surface area is 95.2 Å². The van der Waals surface area contributed by atoms with E-state index in [9.17, 15) is 0 Å². The average molecular weight is 269 g/mol. The van der Waals surface area contributed by atoms with E-state index < -0.39 is 0 Å². The van der Waals surface area contributed by atoms with E-state index >= 15 is 0 Å². The maximum Gasteiger partial charge on any atom is 0.293 e. The third kappa shape index (κ3) is 1.97. The Morgan fingerprint density at radius 2 is 2.00 bits per heavy atom. The molecule has 0 aliphatic rings. The highest BCUT2D eigenvalue weighted by atomic mass is 79.9. The minimum absolute atomic E-state index is 0.146. The van der Waals surface area contributed by atoms with Gasteiger partial charge in [0.25, 0.3) is 6.01 Å². The van der Waals surface area contributed by atoms with Gasteiger partial charge in [0.1, 0.15) is 11.4 Å². The molecule has 0 unspecified atom stereocenters. The van der Waals surface area contributed by atoms with E-state index in [0.29, 0.717) is 10.4 Å². The number of nitrogens with two attached hydrogens (primary N) is 1. The lowest BCUT2D eigenvalue weighted by molar-refractivity contribution is 0.415. The molecule has 1 aromatic carbocycles. The number of aromatic nitrogens is 1. The lowest BCUT2D eigenvalue weighted by Gasteiger charge is -2.00. The lowest BCUT2D eigenvalue weighted by Crippen LogP contribution is -1.85. The fourth-order valence-corrected chi connectivity index (χ4v) is 1.73. The summed E-state index contributed by atoms with van der Waals surface area (Å²) in [6.07, 6.45) is 0. The molecule has 0 spiro atoms. The molecule has 0 amide bonds. The van der Waals surface area contributed by atoms with Crippen LogP contribution in [-0.2, 0) is 0 Å². The van der Waals surface area contributed by atoms with Crippen LogP contribution >= 0.6 is 15.9 Å². The second kappa shape index (κ2) is 3.94. The summed E-state index contributed by atoms with van der Waals surface area (Å²) < 4.78 is 10.7. The maximum atomic E-state index is 5.44. The molecule has 1 aromatic heterocycles. The molecule has 0 saturated carbocycles. The van der Waals surface area contributed by atoms with Crippen molar-refractivity contribution in [3.05, 3.63) is 28.9 Å². The molecule has 0 atom stereocenters. The summed E-state index contributed by atoms with van der Waals surface area (Å²) in [5.41, 5.74) is 7.05. The van der Waals surface area contributed by atoms with Crippen molar-refractivity contribution in [1.82, 2.24) is 4.98 Å². The van der Waals surface area contributed by atoms with Gasteiger partial charge in [-0.15, -0.1) is 0 Å². The Balaban J connectivity index is 2.41. The number of ether oxygens (including phenoxy) is 1. The number of rotatable bonds is 2. The molecule has 0 saturated heterocycles. The molecular weight excluding hydrogens is 260 g/mol. The molecule has 78 valence electrons. The molecule has 2 N–H and O–H groups in total. The van der Waals surface area contributed by atoms with Gasteiger partial charge in [0, 0.05) is 5.56 Å². The smallest absolute Gasteiger partial charge is 0.293 e. The van der Waals surface area contributed by atoms with Crippen molar-refractivity contribution in [3.8, 4) is 17.0 Å². The second-order valence-corrected chi connectivity index (χ2v) is 3.62. The third-order valence-electron chi connectivity index (χ3n) is 1.97. The largest absolute Gasteiger partial charge is 0.497 e. The summed E-state index contributed by atoms with van der Waals surface area (Å²) in [5.74, 6) is 0.798. The predicted octanol–water partition coefficient (Wildman–Crippen LogP) is 2.69. The first kappa shape index (κ1) is 10.0. The van der Waals surface area contributed by atoms with Crippen molar-refractivity contribution in [2.24, 2.45) is 0 Å². The fourth-order valence-electron chi connectivity index (χ4n) is 1.24. The zero-order valence-electron chi connectivity index (χ0n) is 8.03. The van der Waals surface area contributed by atoms with Gasteiger partial charge in [0.05, 0.1) is 7.11 Å². The van der Waals surface area contributed by atoms with Crippen LogP contribution in [0.1, 0.15) is 0 Å². The Bertz CT molecular complexity index is 465. The first-order chi connectivity index (χ1) is 7.20. The summed E-state index contributed by atoms with van der Waals surface area (Å²) in [7, 11) is 1.62. The van der Waals surface area contributed by atoms with E-state index in [-0.39, 0.29) is 6.01 Å². The number of nitrogen functional groups attached to an aromatic ring is 1. The van der Waals surface area contributed by atoms with Gasteiger partial charge in [-0.2, -0.15) is 4.98 Å². The fraction of sp³-hybridized carbons (Fsp3) is 0.100. The van der Waals surface area contributed by atoms with Crippen LogP contribution in [-0.4, -0.2) is 12.1 Å². The van der Waals surface area contributed by atoms with Crippen LogP contribution in [0.3, 0.4) is 0 Å². The molecule has 2 aromatic rings. The normalized spacial score (nSPS) is 10.3. The van der Waals surface area contributed by atoms with Gasteiger partial charge in [-0.3, -0.25) is 0 Å². The van der Waals surface area contributed by atoms with Crippen molar-refractivity contribution in [1.29, 1.82) is 0 Å². The number of anilines is 1. The van der Waals surface area contributed by atoms with Crippen molar-refractivity contribution < 1.29 is 9.15 Å². The maximum absolute atomic E-state index is 5.44. The van der Waals surface area contributed by atoms with Gasteiger partial charge < -0.3 is 14.9 Å². The van der Waals surface area contributed by atoms with Gasteiger partial charge in [0.2, 0.25) is 0 Å². The molecule has 0 fully saturated rings. The molecule has 0 aliphatic heterocycles. The zero-order valence-corrected chi connectivity index (χ0v) is 9.61.